The number of nitrogens with zero attached hydrogens (tertiary/aromatic N) is 1. The molecule has 1 unspecified atom stereocenters. The molecule has 0 rings (SSSR count). The summed E-state index contributed by atoms with van der Waals surface area (Å²) >= 11 is 5.51. The number of alkyl halides is 1. The van der Waals surface area contributed by atoms with Crippen LogP contribution in [0.5, 0.6) is 0 Å². The molecule has 0 aromatic carbocycles. The smallest absolute Gasteiger partial charge is 0.116 e. The third kappa shape index (κ3) is 6.85. The van der Waals surface area contributed by atoms with E-state index in [2.05, 4.69) is 0 Å². The summed E-state index contributed by atoms with van der Waals surface area (Å²) in [5.41, 5.74) is 0. The molecular formula is C9H21Cl2NO4. The summed E-state index contributed by atoms with van der Waals surface area (Å²) in [7, 11) is 0. The zero-order valence-corrected chi connectivity index (χ0v) is 10.7. The van der Waals surface area contributed by atoms with Crippen molar-refractivity contribution >= 4 is 11.6 Å². The quantitative estimate of drug-likeness (QED) is 0.253. The van der Waals surface area contributed by atoms with Gasteiger partial charge in [0.25, 0.3) is 0 Å². The Labute approximate surface area is 107 Å². The van der Waals surface area contributed by atoms with Gasteiger partial charge in [0, 0.05) is 0 Å². The van der Waals surface area contributed by atoms with Crippen LogP contribution in [0.15, 0.2) is 0 Å². The highest BCUT2D eigenvalue weighted by atomic mass is 35.5. The maximum Gasteiger partial charge on any atom is 0.116 e. The number of halogens is 2. The Morgan fingerprint density at radius 2 is 1.31 bits per heavy atom. The van der Waals surface area contributed by atoms with E-state index < -0.39 is 6.10 Å². The summed E-state index contributed by atoms with van der Waals surface area (Å²) in [6.45, 7) is 1.39. The Kier molecular flexibility index (Phi) is 12.3. The van der Waals surface area contributed by atoms with E-state index in [0.29, 0.717) is 26.2 Å². The first-order chi connectivity index (χ1) is 7.14. The Hall–Kier alpha value is 0.380. The maximum absolute atomic E-state index is 9.48. The van der Waals surface area contributed by atoms with E-state index in [9.17, 15) is 5.11 Å². The molecule has 0 saturated heterocycles. The van der Waals surface area contributed by atoms with Crippen molar-refractivity contribution in [1.82, 2.24) is 0 Å². The van der Waals surface area contributed by atoms with Gasteiger partial charge in [0.1, 0.15) is 32.3 Å². The fourth-order valence-corrected chi connectivity index (χ4v) is 1.84. The van der Waals surface area contributed by atoms with Crippen LogP contribution in [0.1, 0.15) is 0 Å². The molecule has 0 aromatic rings. The molecule has 0 radical (unpaired) electrons. The summed E-state index contributed by atoms with van der Waals surface area (Å²) in [6.07, 6.45) is -0.684. The monoisotopic (exact) mass is 277 g/mol. The fourth-order valence-electron chi connectivity index (χ4n) is 1.74. The lowest BCUT2D eigenvalue weighted by atomic mass is 10.2. The predicted octanol–water partition coefficient (Wildman–Crippen LogP) is -4.62. The van der Waals surface area contributed by atoms with E-state index in [1.165, 1.54) is 0 Å². The van der Waals surface area contributed by atoms with Crippen molar-refractivity contribution in [2.75, 3.05) is 51.9 Å². The first kappa shape index (κ1) is 18.7. The van der Waals surface area contributed by atoms with Crippen LogP contribution < -0.4 is 12.4 Å². The van der Waals surface area contributed by atoms with Gasteiger partial charge in [-0.2, -0.15) is 0 Å². The van der Waals surface area contributed by atoms with Gasteiger partial charge in [0.05, 0.1) is 25.7 Å². The standard InChI is InChI=1S/C9H21ClNO4.ClH/c10-7-9(15)8-11(1-4-12,2-5-13)3-6-14;/h9,12-15H,1-8H2;1H/q+1;/p-1. The van der Waals surface area contributed by atoms with Crippen molar-refractivity contribution in [3.05, 3.63) is 0 Å². The number of hydrogen-bond acceptors (Lipinski definition) is 4. The van der Waals surface area contributed by atoms with Crippen molar-refractivity contribution in [3.63, 3.8) is 0 Å². The molecule has 0 bridgehead atoms. The van der Waals surface area contributed by atoms with E-state index in [0.717, 1.165) is 0 Å². The maximum atomic E-state index is 9.48. The molecule has 7 heteroatoms. The summed E-state index contributed by atoms with van der Waals surface area (Å²) in [4.78, 5) is 0. The third-order valence-electron chi connectivity index (χ3n) is 2.50. The van der Waals surface area contributed by atoms with Crippen LogP contribution in [0.4, 0.5) is 0 Å². The zero-order valence-electron chi connectivity index (χ0n) is 9.23. The van der Waals surface area contributed by atoms with Crippen LogP contribution in [0, 0.1) is 0 Å². The number of aliphatic hydroxyl groups is 4. The molecule has 0 aliphatic carbocycles. The van der Waals surface area contributed by atoms with Crippen LogP contribution >= 0.6 is 11.6 Å². The lowest BCUT2D eigenvalue weighted by Gasteiger charge is -2.38. The Morgan fingerprint density at radius 1 is 0.938 bits per heavy atom. The van der Waals surface area contributed by atoms with Crippen LogP contribution in [0.25, 0.3) is 0 Å². The van der Waals surface area contributed by atoms with Crippen molar-refractivity contribution in [2.45, 2.75) is 6.10 Å². The molecule has 0 aromatic heterocycles. The highest BCUT2D eigenvalue weighted by Crippen LogP contribution is 2.08. The van der Waals surface area contributed by atoms with E-state index in [4.69, 9.17) is 26.9 Å². The molecule has 0 amide bonds. The fraction of sp³-hybridized carbons (Fsp3) is 1.00. The van der Waals surface area contributed by atoms with E-state index >= 15 is 0 Å². The van der Waals surface area contributed by atoms with Gasteiger partial charge in [-0.3, -0.25) is 0 Å². The van der Waals surface area contributed by atoms with E-state index in [1.807, 2.05) is 0 Å². The molecular weight excluding hydrogens is 257 g/mol. The molecule has 5 nitrogen and oxygen atoms in total. The van der Waals surface area contributed by atoms with Crippen LogP contribution in [0.2, 0.25) is 0 Å². The number of aliphatic hydroxyl groups excluding tert-OH is 4. The van der Waals surface area contributed by atoms with Crippen LogP contribution in [-0.4, -0.2) is 82.9 Å². The van der Waals surface area contributed by atoms with Gasteiger partial charge in [-0.25, -0.2) is 0 Å². The van der Waals surface area contributed by atoms with Gasteiger partial charge in [-0.15, -0.1) is 11.6 Å². The molecule has 100 valence electrons. The van der Waals surface area contributed by atoms with E-state index in [-0.39, 0.29) is 42.6 Å². The van der Waals surface area contributed by atoms with Crippen LogP contribution in [-0.2, 0) is 0 Å². The van der Waals surface area contributed by atoms with Crippen molar-refractivity contribution in [1.29, 1.82) is 0 Å². The summed E-state index contributed by atoms with van der Waals surface area (Å²) in [5, 5.41) is 36.3. The minimum atomic E-state index is -0.684. The number of rotatable bonds is 9. The lowest BCUT2D eigenvalue weighted by molar-refractivity contribution is -0.931. The third-order valence-corrected chi connectivity index (χ3v) is 2.86. The molecule has 0 saturated carbocycles. The molecule has 16 heavy (non-hydrogen) atoms. The molecule has 1 atom stereocenters. The van der Waals surface area contributed by atoms with Gasteiger partial charge in [-0.1, -0.05) is 0 Å². The minimum Gasteiger partial charge on any atom is -1.00 e. The van der Waals surface area contributed by atoms with Gasteiger partial charge < -0.3 is 37.3 Å². The summed E-state index contributed by atoms with van der Waals surface area (Å²) in [5.74, 6) is 0.113. The zero-order chi connectivity index (χ0) is 11.7. The molecule has 0 aliphatic heterocycles. The molecule has 0 spiro atoms. The SMILES string of the molecule is OCC[N+](CCO)(CCO)CC(O)CCl.[Cl-]. The van der Waals surface area contributed by atoms with Gasteiger partial charge in [0.2, 0.25) is 0 Å². The Morgan fingerprint density at radius 3 is 1.56 bits per heavy atom. The predicted molar refractivity (Wildman–Crippen MR) is 57.7 cm³/mol. The second kappa shape index (κ2) is 10.5. The second-order valence-corrected chi connectivity index (χ2v) is 3.98. The Balaban J connectivity index is 0. The highest BCUT2D eigenvalue weighted by Gasteiger charge is 2.28. The average Bonchev–Trinajstić information content (AvgIpc) is 2.18. The number of quaternary nitrogens is 1. The minimum absolute atomic E-state index is 0. The van der Waals surface area contributed by atoms with Gasteiger partial charge in [-0.05, 0) is 0 Å². The molecule has 0 fully saturated rings. The van der Waals surface area contributed by atoms with Crippen molar-refractivity contribution in [3.8, 4) is 0 Å². The topological polar surface area (TPSA) is 80.9 Å². The first-order valence-electron chi connectivity index (χ1n) is 5.06. The molecule has 0 heterocycles. The summed E-state index contributed by atoms with van der Waals surface area (Å²) < 4.78 is 0.289. The molecule has 0 aliphatic rings. The second-order valence-electron chi connectivity index (χ2n) is 3.67. The first-order valence-corrected chi connectivity index (χ1v) is 5.59. The lowest BCUT2D eigenvalue weighted by Crippen LogP contribution is -3.00. The van der Waals surface area contributed by atoms with Gasteiger partial charge in [0.15, 0.2) is 0 Å². The number of hydrogen-bond donors (Lipinski definition) is 4. The molecule has 4 N–H and O–H groups in total. The largest absolute Gasteiger partial charge is 1.00 e. The van der Waals surface area contributed by atoms with Gasteiger partial charge >= 0.3 is 0 Å². The highest BCUT2D eigenvalue weighted by molar-refractivity contribution is 6.18. The summed E-state index contributed by atoms with van der Waals surface area (Å²) in [6, 6.07) is 0. The van der Waals surface area contributed by atoms with Crippen molar-refractivity contribution < 1.29 is 37.3 Å². The van der Waals surface area contributed by atoms with Crippen molar-refractivity contribution in [2.24, 2.45) is 0 Å². The van der Waals surface area contributed by atoms with E-state index in [1.54, 1.807) is 0 Å². The Bertz CT molecular complexity index is 145. The normalized spacial score (nSPS) is 13.3. The average molecular weight is 278 g/mol. The van der Waals surface area contributed by atoms with Crippen LogP contribution in [0.3, 0.4) is 0 Å².